The van der Waals surface area contributed by atoms with Crippen molar-refractivity contribution in [2.24, 2.45) is 0 Å². The monoisotopic (exact) mass is 363 g/mol. The van der Waals surface area contributed by atoms with Gasteiger partial charge >= 0.3 is 0 Å². The largest absolute Gasteiger partial charge is 0.445 e. The standard InChI is InChI=1S/C17H21N3O4S/c1-11(2)17-19-14-10-20(8-7-15(14)24-17)25(22,23)13-6-4-5-12(9-13)16(21)18-3/h4-6,9,11H,7-8,10H2,1-3H3,(H,18,21). The van der Waals surface area contributed by atoms with Crippen LogP contribution in [-0.2, 0) is 23.0 Å². The van der Waals surface area contributed by atoms with Gasteiger partial charge in [-0.3, -0.25) is 4.79 Å². The van der Waals surface area contributed by atoms with Gasteiger partial charge < -0.3 is 9.73 Å². The average molecular weight is 363 g/mol. The molecule has 8 heteroatoms. The number of carbonyl (C=O) groups excluding carboxylic acids is 1. The molecule has 0 saturated carbocycles. The molecule has 0 spiro atoms. The molecule has 0 atom stereocenters. The zero-order valence-corrected chi connectivity index (χ0v) is 15.3. The number of carbonyl (C=O) groups is 1. The van der Waals surface area contributed by atoms with Crippen molar-refractivity contribution in [3.63, 3.8) is 0 Å². The molecule has 0 saturated heterocycles. The predicted octanol–water partition coefficient (Wildman–Crippen LogP) is 1.90. The number of hydrogen-bond acceptors (Lipinski definition) is 5. The Kier molecular flexibility index (Phi) is 4.66. The summed E-state index contributed by atoms with van der Waals surface area (Å²) in [6, 6.07) is 6.05. The fourth-order valence-corrected chi connectivity index (χ4v) is 4.19. The molecule has 7 nitrogen and oxygen atoms in total. The molecule has 0 bridgehead atoms. The Bertz CT molecular complexity index is 902. The lowest BCUT2D eigenvalue weighted by atomic mass is 10.2. The van der Waals surface area contributed by atoms with Crippen molar-refractivity contribution in [1.82, 2.24) is 14.6 Å². The third kappa shape index (κ3) is 3.32. The second kappa shape index (κ2) is 6.61. The molecule has 134 valence electrons. The van der Waals surface area contributed by atoms with Crippen molar-refractivity contribution in [2.45, 2.75) is 37.6 Å². The Hall–Kier alpha value is -2.19. The number of fused-ring (bicyclic) bond motifs is 1. The lowest BCUT2D eigenvalue weighted by Gasteiger charge is -2.24. The zero-order valence-electron chi connectivity index (χ0n) is 14.4. The van der Waals surface area contributed by atoms with E-state index in [9.17, 15) is 13.2 Å². The summed E-state index contributed by atoms with van der Waals surface area (Å²) in [5, 5.41) is 2.50. The van der Waals surface area contributed by atoms with E-state index >= 15 is 0 Å². The van der Waals surface area contributed by atoms with Crippen LogP contribution in [0.5, 0.6) is 0 Å². The van der Waals surface area contributed by atoms with E-state index in [1.165, 1.54) is 23.5 Å². The molecule has 2 heterocycles. The predicted molar refractivity (Wildman–Crippen MR) is 91.7 cm³/mol. The van der Waals surface area contributed by atoms with Crippen LogP contribution < -0.4 is 5.32 Å². The number of nitrogens with one attached hydrogen (secondary N) is 1. The van der Waals surface area contributed by atoms with E-state index in [4.69, 9.17) is 4.42 Å². The minimum absolute atomic E-state index is 0.102. The molecule has 1 aromatic heterocycles. The zero-order chi connectivity index (χ0) is 18.2. The molecule has 1 aromatic carbocycles. The molecule has 1 aliphatic rings. The van der Waals surface area contributed by atoms with Crippen LogP contribution in [0.15, 0.2) is 33.6 Å². The fourth-order valence-electron chi connectivity index (χ4n) is 2.74. The number of amides is 1. The van der Waals surface area contributed by atoms with Crippen LogP contribution in [0.25, 0.3) is 0 Å². The summed E-state index contributed by atoms with van der Waals surface area (Å²) >= 11 is 0. The molecular formula is C17H21N3O4S. The first-order chi connectivity index (χ1) is 11.8. The summed E-state index contributed by atoms with van der Waals surface area (Å²) in [6.45, 7) is 4.47. The SMILES string of the molecule is CNC(=O)c1cccc(S(=O)(=O)N2CCc3oc(C(C)C)nc3C2)c1. The molecule has 1 amide bonds. The van der Waals surface area contributed by atoms with E-state index in [-0.39, 0.29) is 23.3 Å². The number of nitrogens with zero attached hydrogens (tertiary/aromatic N) is 2. The Morgan fingerprint density at radius 1 is 1.36 bits per heavy atom. The third-order valence-corrected chi connectivity index (χ3v) is 6.01. The van der Waals surface area contributed by atoms with E-state index in [1.807, 2.05) is 13.8 Å². The molecule has 0 radical (unpaired) electrons. The Morgan fingerprint density at radius 2 is 2.12 bits per heavy atom. The number of rotatable bonds is 4. The van der Waals surface area contributed by atoms with Crippen molar-refractivity contribution < 1.29 is 17.6 Å². The number of hydrogen-bond donors (Lipinski definition) is 1. The first-order valence-corrected chi connectivity index (χ1v) is 9.57. The van der Waals surface area contributed by atoms with E-state index in [1.54, 1.807) is 12.1 Å². The van der Waals surface area contributed by atoms with Gasteiger partial charge in [-0.05, 0) is 18.2 Å². The highest BCUT2D eigenvalue weighted by atomic mass is 32.2. The van der Waals surface area contributed by atoms with Crippen LogP contribution in [0, 0.1) is 0 Å². The van der Waals surface area contributed by atoms with Gasteiger partial charge in [0.25, 0.3) is 5.91 Å². The molecule has 0 unspecified atom stereocenters. The summed E-state index contributed by atoms with van der Waals surface area (Å²) in [7, 11) is -2.20. The lowest BCUT2D eigenvalue weighted by Crippen LogP contribution is -2.36. The van der Waals surface area contributed by atoms with Gasteiger partial charge in [0.05, 0.1) is 17.1 Å². The van der Waals surface area contributed by atoms with Gasteiger partial charge in [0.15, 0.2) is 5.89 Å². The average Bonchev–Trinajstić information content (AvgIpc) is 3.04. The number of sulfonamides is 1. The van der Waals surface area contributed by atoms with E-state index in [0.717, 1.165) is 5.76 Å². The van der Waals surface area contributed by atoms with Gasteiger partial charge in [-0.1, -0.05) is 19.9 Å². The van der Waals surface area contributed by atoms with Crippen LogP contribution >= 0.6 is 0 Å². The Balaban J connectivity index is 1.89. The highest BCUT2D eigenvalue weighted by molar-refractivity contribution is 7.89. The van der Waals surface area contributed by atoms with E-state index in [2.05, 4.69) is 10.3 Å². The second-order valence-corrected chi connectivity index (χ2v) is 8.21. The molecule has 3 rings (SSSR count). The second-order valence-electron chi connectivity index (χ2n) is 6.27. The van der Waals surface area contributed by atoms with Crippen molar-refractivity contribution in [3.8, 4) is 0 Å². The van der Waals surface area contributed by atoms with Crippen LogP contribution in [0.1, 0.15) is 47.5 Å². The Labute approximate surface area is 147 Å². The summed E-state index contributed by atoms with van der Waals surface area (Å²) < 4.78 is 33.0. The summed E-state index contributed by atoms with van der Waals surface area (Å²) in [4.78, 5) is 16.3. The van der Waals surface area contributed by atoms with Gasteiger partial charge in [0.2, 0.25) is 10.0 Å². The maximum absolute atomic E-state index is 12.9. The van der Waals surface area contributed by atoms with E-state index in [0.29, 0.717) is 30.1 Å². The normalized spacial score (nSPS) is 15.2. The maximum atomic E-state index is 12.9. The minimum atomic E-state index is -3.71. The Morgan fingerprint density at radius 3 is 2.80 bits per heavy atom. The molecule has 0 fully saturated rings. The topological polar surface area (TPSA) is 92.5 Å². The summed E-state index contributed by atoms with van der Waals surface area (Å²) in [6.07, 6.45) is 0.490. The molecule has 25 heavy (non-hydrogen) atoms. The van der Waals surface area contributed by atoms with Crippen LogP contribution in [0.2, 0.25) is 0 Å². The highest BCUT2D eigenvalue weighted by Gasteiger charge is 2.32. The van der Waals surface area contributed by atoms with Crippen molar-refractivity contribution in [1.29, 1.82) is 0 Å². The molecule has 0 aliphatic carbocycles. The number of aromatic nitrogens is 1. The van der Waals surface area contributed by atoms with Crippen molar-refractivity contribution in [2.75, 3.05) is 13.6 Å². The highest BCUT2D eigenvalue weighted by Crippen LogP contribution is 2.27. The molecule has 1 aliphatic heterocycles. The van der Waals surface area contributed by atoms with Crippen LogP contribution in [0.3, 0.4) is 0 Å². The van der Waals surface area contributed by atoms with Crippen molar-refractivity contribution >= 4 is 15.9 Å². The van der Waals surface area contributed by atoms with Gasteiger partial charge in [-0.2, -0.15) is 4.31 Å². The maximum Gasteiger partial charge on any atom is 0.251 e. The molecular weight excluding hydrogens is 342 g/mol. The smallest absolute Gasteiger partial charge is 0.251 e. The van der Waals surface area contributed by atoms with Crippen molar-refractivity contribution in [3.05, 3.63) is 47.2 Å². The number of benzene rings is 1. The third-order valence-electron chi connectivity index (χ3n) is 4.16. The van der Waals surface area contributed by atoms with Crippen LogP contribution in [-0.4, -0.2) is 37.2 Å². The lowest BCUT2D eigenvalue weighted by molar-refractivity contribution is 0.0963. The quantitative estimate of drug-likeness (QED) is 0.896. The van der Waals surface area contributed by atoms with Gasteiger partial charge in [-0.25, -0.2) is 13.4 Å². The van der Waals surface area contributed by atoms with Crippen LogP contribution in [0.4, 0.5) is 0 Å². The minimum Gasteiger partial charge on any atom is -0.445 e. The van der Waals surface area contributed by atoms with E-state index < -0.39 is 10.0 Å². The number of oxazole rings is 1. The molecule has 1 N–H and O–H groups in total. The first kappa shape index (κ1) is 17.6. The summed E-state index contributed by atoms with van der Waals surface area (Å²) in [5.41, 5.74) is 0.978. The fraction of sp³-hybridized carbons (Fsp3) is 0.412. The summed E-state index contributed by atoms with van der Waals surface area (Å²) in [5.74, 6) is 1.22. The van der Waals surface area contributed by atoms with Gasteiger partial charge in [0.1, 0.15) is 5.76 Å². The van der Waals surface area contributed by atoms with Gasteiger partial charge in [-0.15, -0.1) is 0 Å². The first-order valence-electron chi connectivity index (χ1n) is 8.13. The molecule has 2 aromatic rings. The van der Waals surface area contributed by atoms with Gasteiger partial charge in [0, 0.05) is 31.5 Å².